The van der Waals surface area contributed by atoms with Crippen molar-refractivity contribution in [1.29, 1.82) is 0 Å². The molecule has 12 heavy (non-hydrogen) atoms. The van der Waals surface area contributed by atoms with Crippen molar-refractivity contribution in [2.75, 3.05) is 21.3 Å². The first-order chi connectivity index (χ1) is 5.10. The number of hydrogen-bond donors (Lipinski definition) is 0. The van der Waals surface area contributed by atoms with Crippen LogP contribution in [0, 0.1) is 0 Å². The molecule has 0 aliphatic carbocycles. The molecule has 0 fully saturated rings. The summed E-state index contributed by atoms with van der Waals surface area (Å²) in [5.74, 6) is 0. The van der Waals surface area contributed by atoms with E-state index in [0.29, 0.717) is 0 Å². The first-order valence-corrected chi connectivity index (χ1v) is 5.29. The molecule has 0 aromatic carbocycles. The predicted octanol–water partition coefficient (Wildman–Crippen LogP) is -3.44. The molecular weight excluding hydrogens is 207 g/mol. The van der Waals surface area contributed by atoms with E-state index in [2.05, 4.69) is 12.2 Å². The van der Waals surface area contributed by atoms with E-state index in [0.717, 1.165) is 0 Å². The molecular formula is C5H11NaO4SSi. The average Bonchev–Trinajstić information content (AvgIpc) is 2.00. The summed E-state index contributed by atoms with van der Waals surface area (Å²) in [4.78, 5) is 0. The molecule has 0 saturated carbocycles. The monoisotopic (exact) mass is 218 g/mol. The summed E-state index contributed by atoms with van der Waals surface area (Å²) in [6.45, 7) is 0. The Kier molecular flexibility index (Phi) is 9.53. The van der Waals surface area contributed by atoms with Gasteiger partial charge in [0.25, 0.3) is 0 Å². The van der Waals surface area contributed by atoms with E-state index < -0.39 is 13.9 Å². The molecule has 0 aromatic heterocycles. The molecule has 0 spiro atoms. The molecule has 4 nitrogen and oxygen atoms in total. The summed E-state index contributed by atoms with van der Waals surface area (Å²) in [6, 6.07) is 0.0475. The third-order valence-electron chi connectivity index (χ3n) is 1.29. The summed E-state index contributed by atoms with van der Waals surface area (Å²) >= 11 is 4.38. The van der Waals surface area contributed by atoms with Crippen LogP contribution in [-0.4, -0.2) is 35.2 Å². The van der Waals surface area contributed by atoms with Crippen LogP contribution in [-0.2, 0) is 13.3 Å². The van der Waals surface area contributed by atoms with Crippen LogP contribution >= 0.6 is 12.2 Å². The quantitative estimate of drug-likeness (QED) is 0.355. The maximum atomic E-state index is 10.5. The van der Waals surface area contributed by atoms with Gasteiger partial charge in [-0.3, -0.25) is 0 Å². The zero-order chi connectivity index (χ0) is 8.91. The van der Waals surface area contributed by atoms with Crippen molar-refractivity contribution in [1.82, 2.24) is 0 Å². The molecule has 0 N–H and O–H groups in total. The molecule has 0 unspecified atom stereocenters. The van der Waals surface area contributed by atoms with Gasteiger partial charge in [-0.15, -0.1) is 12.2 Å². The van der Waals surface area contributed by atoms with Crippen LogP contribution in [0.15, 0.2) is 0 Å². The third kappa shape index (κ3) is 4.88. The Morgan fingerprint density at radius 3 is 1.67 bits per heavy atom. The van der Waals surface area contributed by atoms with Crippen molar-refractivity contribution in [2.24, 2.45) is 0 Å². The predicted molar refractivity (Wildman–Crippen MR) is 44.2 cm³/mol. The molecule has 0 bridgehead atoms. The molecule has 0 aliphatic heterocycles. The summed E-state index contributed by atoms with van der Waals surface area (Å²) < 4.78 is 14.9. The Hall–Kier alpha value is 0.987. The molecule has 0 radical (unpaired) electrons. The van der Waals surface area contributed by atoms with E-state index in [1.807, 2.05) is 0 Å². The van der Waals surface area contributed by atoms with Gasteiger partial charge in [0, 0.05) is 27.4 Å². The molecule has 0 atom stereocenters. The molecule has 66 valence electrons. The standard InChI is InChI=1S/C5H12O4SSi.Na/c1-7-11(8-2,9-3)4-5(6)10;/h4H2,1-3H3,(H,6,10);/q;+1/p-1. The smallest absolute Gasteiger partial charge is 0.868 e. The van der Waals surface area contributed by atoms with Crippen molar-refractivity contribution in [3.05, 3.63) is 0 Å². The molecule has 0 rings (SSSR count). The first kappa shape index (κ1) is 15.5. The molecule has 0 saturated heterocycles. The van der Waals surface area contributed by atoms with Gasteiger partial charge in [-0.2, -0.15) is 0 Å². The van der Waals surface area contributed by atoms with Crippen LogP contribution in [0.1, 0.15) is 0 Å². The summed E-state index contributed by atoms with van der Waals surface area (Å²) in [5, 5.41) is 10.1. The van der Waals surface area contributed by atoms with Crippen LogP contribution in [0.4, 0.5) is 0 Å². The minimum Gasteiger partial charge on any atom is -0.868 e. The van der Waals surface area contributed by atoms with Crippen molar-refractivity contribution in [2.45, 2.75) is 6.04 Å². The van der Waals surface area contributed by atoms with Crippen LogP contribution in [0.3, 0.4) is 0 Å². The second kappa shape index (κ2) is 7.40. The summed E-state index contributed by atoms with van der Waals surface area (Å²) in [6.07, 6.45) is 0. The van der Waals surface area contributed by atoms with Crippen molar-refractivity contribution in [3.8, 4) is 0 Å². The molecule has 0 amide bonds. The molecule has 7 heteroatoms. The van der Waals surface area contributed by atoms with Crippen LogP contribution < -0.4 is 34.7 Å². The molecule has 0 aliphatic rings. The maximum Gasteiger partial charge on any atom is 1.00 e. The SMILES string of the molecule is CO[Si](CC([O-])=S)(OC)OC.[Na+]. The number of thiocarbonyl (C=S) groups is 1. The maximum absolute atomic E-state index is 10.5. The second-order valence-electron chi connectivity index (χ2n) is 1.84. The second-order valence-corrected chi connectivity index (χ2v) is 5.24. The van der Waals surface area contributed by atoms with E-state index in [4.69, 9.17) is 13.3 Å². The fourth-order valence-electron chi connectivity index (χ4n) is 0.643. The van der Waals surface area contributed by atoms with Gasteiger partial charge < -0.3 is 18.4 Å². The largest absolute Gasteiger partial charge is 1.00 e. The van der Waals surface area contributed by atoms with Gasteiger partial charge in [-0.05, 0) is 0 Å². The van der Waals surface area contributed by atoms with Gasteiger partial charge in [0.05, 0.1) is 0 Å². The van der Waals surface area contributed by atoms with E-state index in [1.54, 1.807) is 0 Å². The average molecular weight is 218 g/mol. The van der Waals surface area contributed by atoms with E-state index >= 15 is 0 Å². The van der Waals surface area contributed by atoms with Crippen LogP contribution in [0.2, 0.25) is 6.04 Å². The van der Waals surface area contributed by atoms with E-state index in [-0.39, 0.29) is 35.6 Å². The van der Waals surface area contributed by atoms with Crippen LogP contribution in [0.5, 0.6) is 0 Å². The normalized spacial score (nSPS) is 10.6. The fourth-order valence-corrected chi connectivity index (χ4v) is 2.46. The third-order valence-corrected chi connectivity index (χ3v) is 4.31. The Balaban J connectivity index is 0. The van der Waals surface area contributed by atoms with Gasteiger partial charge in [0.15, 0.2) is 0 Å². The van der Waals surface area contributed by atoms with Gasteiger partial charge in [-0.25, -0.2) is 0 Å². The zero-order valence-corrected chi connectivity index (χ0v) is 11.6. The van der Waals surface area contributed by atoms with Gasteiger partial charge in [0.2, 0.25) is 0 Å². The molecule has 0 aromatic rings. The number of hydrogen-bond acceptors (Lipinski definition) is 5. The molecule has 0 heterocycles. The minimum atomic E-state index is -2.73. The zero-order valence-electron chi connectivity index (χ0n) is 7.75. The van der Waals surface area contributed by atoms with Crippen molar-refractivity contribution in [3.63, 3.8) is 0 Å². The van der Waals surface area contributed by atoms with Crippen LogP contribution in [0.25, 0.3) is 0 Å². The first-order valence-electron chi connectivity index (χ1n) is 2.95. The van der Waals surface area contributed by atoms with Gasteiger partial charge in [0.1, 0.15) is 0 Å². The minimum absolute atomic E-state index is 0. The Bertz CT molecular complexity index is 133. The van der Waals surface area contributed by atoms with Gasteiger partial charge >= 0.3 is 38.4 Å². The summed E-state index contributed by atoms with van der Waals surface area (Å²) in [7, 11) is 1.59. The van der Waals surface area contributed by atoms with E-state index in [9.17, 15) is 5.11 Å². The Morgan fingerprint density at radius 2 is 1.58 bits per heavy atom. The van der Waals surface area contributed by atoms with Crippen molar-refractivity contribution >= 4 is 26.1 Å². The van der Waals surface area contributed by atoms with Gasteiger partial charge in [-0.1, -0.05) is 5.05 Å². The van der Waals surface area contributed by atoms with Crippen molar-refractivity contribution < 1.29 is 47.9 Å². The topological polar surface area (TPSA) is 50.8 Å². The fraction of sp³-hybridized carbons (Fsp3) is 0.800. The Labute approximate surface area is 101 Å². The number of rotatable bonds is 5. The summed E-state index contributed by atoms with van der Waals surface area (Å²) in [5.41, 5.74) is 0. The van der Waals surface area contributed by atoms with E-state index in [1.165, 1.54) is 21.3 Å². The Morgan fingerprint density at radius 1 is 1.25 bits per heavy atom.